The molecule has 322 valence electrons. The van der Waals surface area contributed by atoms with Crippen LogP contribution < -0.4 is 0 Å². The summed E-state index contributed by atoms with van der Waals surface area (Å²) in [5, 5.41) is 15.5. The van der Waals surface area contributed by atoms with Gasteiger partial charge in [0.1, 0.15) is 29.6 Å². The molecule has 7 rings (SSSR count). The van der Waals surface area contributed by atoms with Gasteiger partial charge in [0.15, 0.2) is 11.0 Å². The fraction of sp³-hybridized carbons (Fsp3) is 0.130. The number of rotatable bonds is 12. The van der Waals surface area contributed by atoms with Crippen molar-refractivity contribution in [3.05, 3.63) is 186 Å². The molecular weight excluding hydrogens is 1150 g/mol. The number of amides is 2. The second-order valence-electron chi connectivity index (χ2n) is 13.2. The van der Waals surface area contributed by atoms with Crippen LogP contribution in [0.3, 0.4) is 0 Å². The number of carbonyl (C=O) groups excluding carboxylic acids is 4. The number of benzene rings is 4. The third kappa shape index (κ3) is 16.0. The number of alkyl halides is 1. The van der Waals surface area contributed by atoms with Crippen molar-refractivity contribution in [1.82, 2.24) is 24.9 Å². The zero-order valence-corrected chi connectivity index (χ0v) is 41.2. The molecule has 0 aliphatic heterocycles. The van der Waals surface area contributed by atoms with Crippen LogP contribution in [0.5, 0.6) is 0 Å². The minimum Gasteiger partial charge on any atom is -0.410 e. The Hall–Kier alpha value is -5.12. The summed E-state index contributed by atoms with van der Waals surface area (Å²) in [6.07, 6.45) is 5.53. The summed E-state index contributed by atoms with van der Waals surface area (Å²) in [5.74, 6) is -0.363. The standard InChI is InChI=1S/C22H19N3O2.C14H14ClN3O2.C9H8O2.CH3I3/c1-25(14-16-8-4-2-5-9-16)22(26)20-12-18(13-23-20)21-19(15-27-24-21)17-10-6-3-7-11-17;1-18(9-10-5-3-2-4-6-10)14(19)12-7-11(8-16-12)13(15)17-20;10-7-6-9(11)8-4-2-1-3-5-8;1-4(2)3/h2-13,15,23H,14H2,1H3;2-8,16,20H,9H2,1H3;1-5,7H,6H2;1H3/b;17-13-;;. The first-order valence-corrected chi connectivity index (χ1v) is 33.8. The van der Waals surface area contributed by atoms with Crippen LogP contribution in [0.4, 0.5) is 0 Å². The molecule has 0 atom stereocenters. The van der Waals surface area contributed by atoms with E-state index in [9.17, 15) is 19.2 Å². The predicted molar refractivity (Wildman–Crippen MR) is 271 cm³/mol. The smallest absolute Gasteiger partial charge is 0.270 e. The first-order chi connectivity index (χ1) is 29.9. The van der Waals surface area contributed by atoms with Crippen molar-refractivity contribution in [1.29, 1.82) is 0 Å². The number of aldehydes is 1. The van der Waals surface area contributed by atoms with E-state index >= 15 is 0 Å². The summed E-state index contributed by atoms with van der Waals surface area (Å²) in [5.41, 5.74) is 7.54. The van der Waals surface area contributed by atoms with Crippen LogP contribution in [0, 0.1) is 0 Å². The first-order valence-electron chi connectivity index (χ1n) is 18.7. The van der Waals surface area contributed by atoms with E-state index in [0.29, 0.717) is 47.6 Å². The molecular formula is C46H44ClI3N6O6. The SMILES string of the molecule is CI(I)I.CN(Cc1ccccc1)C(=O)c1cc(-c2nocc2-c2ccccc2)c[nH]1.CN(Cc1ccccc1)C(=O)c1cc(/C(Cl)=N/O)c[nH]1.O=CCC(=O)c1ccccc1. The summed E-state index contributed by atoms with van der Waals surface area (Å²) in [6, 6.07) is 41.7. The number of halogens is 4. The number of oxime groups is 1. The van der Waals surface area contributed by atoms with Gasteiger partial charge in [0, 0.05) is 61.8 Å². The zero-order chi connectivity index (χ0) is 44.9. The molecule has 0 saturated heterocycles. The van der Waals surface area contributed by atoms with E-state index < -0.39 is 0 Å². The predicted octanol–water partition coefficient (Wildman–Crippen LogP) is 11.6. The molecule has 0 aliphatic rings. The number of Topliss-reactive ketones (excluding diaryl/α,β-unsaturated/α-hetero) is 1. The maximum atomic E-state index is 12.7. The van der Waals surface area contributed by atoms with Crippen molar-refractivity contribution >= 4 is 89.8 Å². The normalized spacial score (nSPS) is 10.7. The van der Waals surface area contributed by atoms with Crippen LogP contribution in [-0.4, -0.2) is 78.2 Å². The fourth-order valence-corrected chi connectivity index (χ4v) is 5.81. The summed E-state index contributed by atoms with van der Waals surface area (Å²) in [4.78, 5) is 57.4. The fourth-order valence-electron chi connectivity index (χ4n) is 5.70. The van der Waals surface area contributed by atoms with Gasteiger partial charge in [-0.3, -0.25) is 14.4 Å². The average molecular weight is 1190 g/mol. The monoisotopic (exact) mass is 1190 g/mol. The molecule has 16 heteroatoms. The van der Waals surface area contributed by atoms with Gasteiger partial charge in [-0.05, 0) is 28.8 Å². The molecule has 3 heterocycles. The van der Waals surface area contributed by atoms with E-state index in [1.807, 2.05) is 103 Å². The summed E-state index contributed by atoms with van der Waals surface area (Å²) < 4.78 is 5.19. The summed E-state index contributed by atoms with van der Waals surface area (Å²) in [6.45, 7) is 1.06. The molecule has 0 unspecified atom stereocenters. The third-order valence-corrected chi connectivity index (χ3v) is 8.96. The quantitative estimate of drug-likeness (QED) is 0.0160. The first kappa shape index (κ1) is 49.5. The number of hydrogen-bond donors (Lipinski definition) is 3. The Bertz CT molecular complexity index is 2480. The third-order valence-electron chi connectivity index (χ3n) is 8.66. The van der Waals surface area contributed by atoms with Gasteiger partial charge in [-0.15, -0.1) is 0 Å². The number of nitrogens with one attached hydrogen (secondary N) is 2. The molecule has 0 spiro atoms. The zero-order valence-electron chi connectivity index (χ0n) is 33.9. The van der Waals surface area contributed by atoms with Gasteiger partial charge < -0.3 is 34.3 Å². The number of aromatic nitrogens is 3. The maximum Gasteiger partial charge on any atom is 0.270 e. The maximum absolute atomic E-state index is 12.7. The van der Waals surface area contributed by atoms with Crippen LogP contribution in [0.1, 0.15) is 54.4 Å². The van der Waals surface area contributed by atoms with Crippen molar-refractivity contribution in [3.63, 3.8) is 0 Å². The molecule has 3 N–H and O–H groups in total. The molecule has 12 nitrogen and oxygen atoms in total. The molecule has 0 bridgehead atoms. The molecule has 62 heavy (non-hydrogen) atoms. The van der Waals surface area contributed by atoms with E-state index in [1.165, 1.54) is 6.20 Å². The van der Waals surface area contributed by atoms with E-state index in [1.54, 1.807) is 66.7 Å². The summed E-state index contributed by atoms with van der Waals surface area (Å²) >= 11 is 10.3. The molecule has 4 aromatic carbocycles. The molecule has 0 radical (unpaired) electrons. The van der Waals surface area contributed by atoms with Crippen molar-refractivity contribution in [2.45, 2.75) is 19.5 Å². The van der Waals surface area contributed by atoms with E-state index in [2.05, 4.69) is 62.4 Å². The summed E-state index contributed by atoms with van der Waals surface area (Å²) in [7, 11) is 3.51. The van der Waals surface area contributed by atoms with Crippen LogP contribution in [0.2, 0.25) is 0 Å². The van der Waals surface area contributed by atoms with Crippen molar-refractivity contribution in [2.24, 2.45) is 5.16 Å². The van der Waals surface area contributed by atoms with Gasteiger partial charge in [0.05, 0.1) is 6.42 Å². The average Bonchev–Trinajstić information content (AvgIpc) is 4.10. The van der Waals surface area contributed by atoms with E-state index in [0.717, 1.165) is 27.8 Å². The molecule has 7 aromatic rings. The van der Waals surface area contributed by atoms with Crippen molar-refractivity contribution in [2.75, 3.05) is 19.0 Å². The Balaban J connectivity index is 0.000000211. The second kappa shape index (κ2) is 26.4. The molecule has 3 aromatic heterocycles. The van der Waals surface area contributed by atoms with Crippen molar-refractivity contribution < 1.29 is 28.9 Å². The van der Waals surface area contributed by atoms with Gasteiger partial charge >= 0.3 is 54.0 Å². The molecule has 0 saturated carbocycles. The number of hydrogen-bond acceptors (Lipinski definition) is 8. The molecule has 0 aliphatic carbocycles. The molecule has 0 fully saturated rings. The van der Waals surface area contributed by atoms with Gasteiger partial charge in [-0.25, -0.2) is 0 Å². The topological polar surface area (TPSA) is 165 Å². The van der Waals surface area contributed by atoms with Gasteiger partial charge in [-0.2, -0.15) is 0 Å². The van der Waals surface area contributed by atoms with E-state index in [-0.39, 0.29) is 41.1 Å². The Morgan fingerprint density at radius 2 is 1.21 bits per heavy atom. The van der Waals surface area contributed by atoms with Crippen LogP contribution in [0.25, 0.3) is 22.4 Å². The minimum atomic E-state index is -0.323. The number of H-pyrrole nitrogens is 2. The minimum absolute atomic E-state index is 0.0238. The van der Waals surface area contributed by atoms with Gasteiger partial charge in [0.2, 0.25) is 0 Å². The van der Waals surface area contributed by atoms with Crippen LogP contribution >= 0.6 is 60.7 Å². The number of nitrogens with zero attached hydrogens (tertiary/aromatic N) is 4. The second-order valence-corrected chi connectivity index (χ2v) is 42.4. The van der Waals surface area contributed by atoms with Gasteiger partial charge in [-0.1, -0.05) is 143 Å². The largest absolute Gasteiger partial charge is 0.410 e. The number of ketones is 1. The Labute approximate surface area is 391 Å². The number of carbonyl (C=O) groups is 4. The Morgan fingerprint density at radius 1 is 0.742 bits per heavy atom. The van der Waals surface area contributed by atoms with E-state index in [4.69, 9.17) is 21.3 Å². The van der Waals surface area contributed by atoms with Crippen molar-refractivity contribution in [3.8, 4) is 22.4 Å². The Kier molecular flexibility index (Phi) is 21.1. The Morgan fingerprint density at radius 3 is 1.71 bits per heavy atom. The van der Waals surface area contributed by atoms with Gasteiger partial charge in [0.25, 0.3) is 11.8 Å². The molecule has 2 amide bonds. The van der Waals surface area contributed by atoms with Crippen LogP contribution in [0.15, 0.2) is 162 Å². The van der Waals surface area contributed by atoms with Crippen LogP contribution in [-0.2, 0) is 17.9 Å². The number of aromatic amines is 2.